The van der Waals surface area contributed by atoms with Crippen LogP contribution >= 0.6 is 12.4 Å². The van der Waals surface area contributed by atoms with E-state index in [1.165, 1.54) is 18.2 Å². The van der Waals surface area contributed by atoms with E-state index in [4.69, 9.17) is 0 Å². The Labute approximate surface area is 115 Å². The second kappa shape index (κ2) is 7.25. The highest BCUT2D eigenvalue weighted by atomic mass is 35.5. The Bertz CT molecular complexity index is 426. The number of ether oxygens (including phenoxy) is 1. The molecule has 1 aliphatic rings. The molecule has 0 aromatic heterocycles. The van der Waals surface area contributed by atoms with Crippen molar-refractivity contribution in [2.75, 3.05) is 13.1 Å². The average Bonchev–Trinajstić information content (AvgIpc) is 2.81. The third-order valence-corrected chi connectivity index (χ3v) is 2.72. The number of rotatable bonds is 4. The Kier molecular flexibility index (Phi) is 5.98. The zero-order valence-electron chi connectivity index (χ0n) is 10.1. The molecule has 106 valence electrons. The Morgan fingerprint density at radius 1 is 1.47 bits per heavy atom. The van der Waals surface area contributed by atoms with Crippen LogP contribution in [0, 0.1) is 0 Å². The maximum absolute atomic E-state index is 12.0. The van der Waals surface area contributed by atoms with Crippen molar-refractivity contribution < 1.29 is 18.3 Å². The van der Waals surface area contributed by atoms with Crippen LogP contribution in [0.15, 0.2) is 24.3 Å². The Hall–Kier alpha value is -1.40. The average molecular weight is 293 g/mol. The van der Waals surface area contributed by atoms with Gasteiger partial charge >= 0.3 is 6.61 Å². The molecular weight excluding hydrogens is 278 g/mol. The molecule has 1 aromatic carbocycles. The molecule has 1 aromatic rings. The fourth-order valence-corrected chi connectivity index (χ4v) is 1.86. The second-order valence-corrected chi connectivity index (χ2v) is 4.07. The van der Waals surface area contributed by atoms with E-state index in [0.29, 0.717) is 5.56 Å². The van der Waals surface area contributed by atoms with Gasteiger partial charge in [0.1, 0.15) is 5.75 Å². The molecule has 7 heteroatoms. The van der Waals surface area contributed by atoms with E-state index < -0.39 is 6.61 Å². The standard InChI is InChI=1S/C12H14F2N2O2.ClH/c13-12(14)18-10-3-1-2-8(6-10)11(17)16-9-4-5-15-7-9;/h1-3,6,9,12,15H,4-5,7H2,(H,16,17);1H. The molecule has 2 rings (SSSR count). The lowest BCUT2D eigenvalue weighted by Gasteiger charge is -2.12. The highest BCUT2D eigenvalue weighted by Crippen LogP contribution is 2.16. The molecule has 1 saturated heterocycles. The van der Waals surface area contributed by atoms with Gasteiger partial charge in [0.15, 0.2) is 0 Å². The molecule has 0 bridgehead atoms. The Morgan fingerprint density at radius 3 is 2.89 bits per heavy atom. The number of hydrogen-bond acceptors (Lipinski definition) is 3. The predicted molar refractivity (Wildman–Crippen MR) is 69.1 cm³/mol. The Morgan fingerprint density at radius 2 is 2.26 bits per heavy atom. The SMILES string of the molecule is Cl.O=C(NC1CCNC1)c1cccc(OC(F)F)c1. The van der Waals surface area contributed by atoms with E-state index in [0.717, 1.165) is 19.5 Å². The number of carbonyl (C=O) groups excluding carboxylic acids is 1. The van der Waals surface area contributed by atoms with E-state index in [1.807, 2.05) is 0 Å². The van der Waals surface area contributed by atoms with E-state index in [-0.39, 0.29) is 30.1 Å². The molecule has 1 aliphatic heterocycles. The smallest absolute Gasteiger partial charge is 0.387 e. The molecule has 1 atom stereocenters. The van der Waals surface area contributed by atoms with Crippen LogP contribution < -0.4 is 15.4 Å². The van der Waals surface area contributed by atoms with Crippen molar-refractivity contribution in [2.24, 2.45) is 0 Å². The van der Waals surface area contributed by atoms with Crippen LogP contribution in [0.4, 0.5) is 8.78 Å². The van der Waals surface area contributed by atoms with Crippen molar-refractivity contribution in [1.82, 2.24) is 10.6 Å². The summed E-state index contributed by atoms with van der Waals surface area (Å²) in [7, 11) is 0. The van der Waals surface area contributed by atoms with Gasteiger partial charge in [-0.1, -0.05) is 6.07 Å². The number of amides is 1. The summed E-state index contributed by atoms with van der Waals surface area (Å²) in [5.74, 6) is -0.286. The molecule has 4 nitrogen and oxygen atoms in total. The second-order valence-electron chi connectivity index (χ2n) is 4.07. The van der Waals surface area contributed by atoms with Gasteiger partial charge in [-0.3, -0.25) is 4.79 Å². The quantitative estimate of drug-likeness (QED) is 0.890. The van der Waals surface area contributed by atoms with Crippen LogP contribution in [0.25, 0.3) is 0 Å². The van der Waals surface area contributed by atoms with Gasteiger partial charge < -0.3 is 15.4 Å². The molecule has 1 amide bonds. The van der Waals surface area contributed by atoms with E-state index in [1.54, 1.807) is 6.07 Å². The first-order valence-electron chi connectivity index (χ1n) is 5.71. The van der Waals surface area contributed by atoms with Crippen molar-refractivity contribution in [2.45, 2.75) is 19.1 Å². The number of hydrogen-bond donors (Lipinski definition) is 2. The molecule has 0 aliphatic carbocycles. The van der Waals surface area contributed by atoms with Gasteiger partial charge in [0, 0.05) is 18.2 Å². The summed E-state index contributed by atoms with van der Waals surface area (Å²) < 4.78 is 28.3. The summed E-state index contributed by atoms with van der Waals surface area (Å²) in [6.45, 7) is -1.28. The zero-order chi connectivity index (χ0) is 13.0. The molecule has 1 unspecified atom stereocenters. The van der Waals surface area contributed by atoms with Crippen LogP contribution in [-0.2, 0) is 0 Å². The summed E-state index contributed by atoms with van der Waals surface area (Å²) in [6.07, 6.45) is 0.874. The summed E-state index contributed by atoms with van der Waals surface area (Å²) in [6, 6.07) is 5.87. The van der Waals surface area contributed by atoms with E-state index in [2.05, 4.69) is 15.4 Å². The van der Waals surface area contributed by atoms with E-state index >= 15 is 0 Å². The van der Waals surface area contributed by atoms with E-state index in [9.17, 15) is 13.6 Å². The molecule has 0 spiro atoms. The number of carbonyl (C=O) groups is 1. The highest BCUT2D eigenvalue weighted by Gasteiger charge is 2.17. The first-order chi connectivity index (χ1) is 8.65. The van der Waals surface area contributed by atoms with Crippen molar-refractivity contribution >= 4 is 18.3 Å². The molecule has 2 N–H and O–H groups in total. The van der Waals surface area contributed by atoms with Crippen LogP contribution in [0.3, 0.4) is 0 Å². The topological polar surface area (TPSA) is 50.4 Å². The van der Waals surface area contributed by atoms with Crippen molar-refractivity contribution in [3.63, 3.8) is 0 Å². The summed E-state index contributed by atoms with van der Waals surface area (Å²) >= 11 is 0. The lowest BCUT2D eigenvalue weighted by Crippen LogP contribution is -2.36. The molecule has 1 heterocycles. The van der Waals surface area contributed by atoms with Gasteiger partial charge in [0.05, 0.1) is 0 Å². The zero-order valence-corrected chi connectivity index (χ0v) is 10.9. The Balaban J connectivity index is 0.00000180. The normalized spacial score (nSPS) is 17.9. The highest BCUT2D eigenvalue weighted by molar-refractivity contribution is 5.94. The first-order valence-corrected chi connectivity index (χ1v) is 5.71. The number of benzene rings is 1. The maximum atomic E-state index is 12.0. The minimum Gasteiger partial charge on any atom is -0.435 e. The molecule has 0 saturated carbocycles. The van der Waals surface area contributed by atoms with Crippen LogP contribution in [0.5, 0.6) is 5.75 Å². The number of nitrogens with one attached hydrogen (secondary N) is 2. The lowest BCUT2D eigenvalue weighted by molar-refractivity contribution is -0.0498. The first kappa shape index (κ1) is 15.7. The van der Waals surface area contributed by atoms with Gasteiger partial charge in [0.2, 0.25) is 0 Å². The summed E-state index contributed by atoms with van der Waals surface area (Å²) in [4.78, 5) is 11.9. The maximum Gasteiger partial charge on any atom is 0.387 e. The molecule has 19 heavy (non-hydrogen) atoms. The largest absolute Gasteiger partial charge is 0.435 e. The molecular formula is C12H15ClF2N2O2. The monoisotopic (exact) mass is 292 g/mol. The van der Waals surface area contributed by atoms with Crippen LogP contribution in [-0.4, -0.2) is 31.7 Å². The fraction of sp³-hybridized carbons (Fsp3) is 0.417. The third-order valence-electron chi connectivity index (χ3n) is 2.72. The summed E-state index contributed by atoms with van der Waals surface area (Å²) in [5.41, 5.74) is 0.319. The predicted octanol–water partition coefficient (Wildman–Crippen LogP) is 1.80. The van der Waals surface area contributed by atoms with Crippen LogP contribution in [0.1, 0.15) is 16.8 Å². The van der Waals surface area contributed by atoms with Gasteiger partial charge in [-0.15, -0.1) is 12.4 Å². The van der Waals surface area contributed by atoms with Crippen molar-refractivity contribution in [3.05, 3.63) is 29.8 Å². The molecule has 1 fully saturated rings. The number of halogens is 3. The fourth-order valence-electron chi connectivity index (χ4n) is 1.86. The summed E-state index contributed by atoms with van der Waals surface area (Å²) in [5, 5.41) is 5.96. The minimum absolute atomic E-state index is 0. The van der Waals surface area contributed by atoms with Gasteiger partial charge in [-0.05, 0) is 31.2 Å². The minimum atomic E-state index is -2.89. The molecule has 0 radical (unpaired) electrons. The van der Waals surface area contributed by atoms with Gasteiger partial charge in [-0.25, -0.2) is 0 Å². The van der Waals surface area contributed by atoms with Crippen LogP contribution in [0.2, 0.25) is 0 Å². The third kappa shape index (κ3) is 4.65. The van der Waals surface area contributed by atoms with Gasteiger partial charge in [-0.2, -0.15) is 8.78 Å². The van der Waals surface area contributed by atoms with Gasteiger partial charge in [0.25, 0.3) is 5.91 Å². The lowest BCUT2D eigenvalue weighted by atomic mass is 10.2. The number of alkyl halides is 2. The van der Waals surface area contributed by atoms with Crippen molar-refractivity contribution in [3.8, 4) is 5.75 Å². The van der Waals surface area contributed by atoms with Crippen molar-refractivity contribution in [1.29, 1.82) is 0 Å².